The molecular weight excluding hydrogens is 2310 g/mol. The van der Waals surface area contributed by atoms with Crippen molar-refractivity contribution >= 4 is 134 Å². The Balaban J connectivity index is 0.000000145. The fourth-order valence-corrected chi connectivity index (χ4v) is 24.5. The fourth-order valence-electron chi connectivity index (χ4n) is 22.8. The highest BCUT2D eigenvalue weighted by Gasteiger charge is 2.82. The number of ether oxygens (including phenoxy) is 8. The Labute approximate surface area is 902 Å². The molecule has 20 rings (SSSR count). The first-order valence-corrected chi connectivity index (χ1v) is 50.2. The number of methoxy groups -OCH3 is 4. The van der Waals surface area contributed by atoms with Crippen LogP contribution in [-0.4, -0.2) is 196 Å². The van der Waals surface area contributed by atoms with Crippen molar-refractivity contribution < 1.29 is 129 Å². The predicted octanol–water partition coefficient (Wildman–Crippen LogP) is 17.8. The highest BCUT2D eigenvalue weighted by molar-refractivity contribution is 9.11. The monoisotopic (exact) mass is 2400 g/mol. The van der Waals surface area contributed by atoms with Crippen LogP contribution >= 0.6 is 123 Å². The molecule has 148 heavy (non-hydrogen) atoms. The summed E-state index contributed by atoms with van der Waals surface area (Å²) < 4.78 is 151. The van der Waals surface area contributed by atoms with Crippen LogP contribution in [0.15, 0.2) is 261 Å². The summed E-state index contributed by atoms with van der Waals surface area (Å²) >= 11 is 38.6. The van der Waals surface area contributed by atoms with Crippen LogP contribution in [0.4, 0.5) is 35.1 Å². The Hall–Kier alpha value is -9.93. The fraction of sp³-hybridized carbons (Fsp3) is 0.327. The number of amides is 1. The summed E-state index contributed by atoms with van der Waals surface area (Å²) in [5.74, 6) is -8.97. The summed E-state index contributed by atoms with van der Waals surface area (Å²) in [5.41, 5.74) is -5.56. The predicted molar refractivity (Wildman–Crippen MR) is 546 cm³/mol. The number of aliphatic hydroxyl groups excluding tert-OH is 4. The Kier molecular flexibility index (Phi) is 34.2. The number of nitrogens with one attached hydrogen (secondary N) is 3. The maximum Gasteiger partial charge on any atom is 0.310 e. The van der Waals surface area contributed by atoms with Crippen LogP contribution in [0.5, 0.6) is 46.5 Å². The third kappa shape index (κ3) is 19.0. The first-order chi connectivity index (χ1) is 70.1. The molecule has 44 heteroatoms. The smallest absolute Gasteiger partial charge is 0.310 e. The van der Waals surface area contributed by atoms with E-state index in [1.54, 1.807) is 133 Å². The van der Waals surface area contributed by atoms with Gasteiger partial charge in [-0.1, -0.05) is 280 Å². The topological polar surface area (TPSA) is 404 Å². The minimum absolute atomic E-state index is 0. The van der Waals surface area contributed by atoms with Crippen molar-refractivity contribution in [1.82, 2.24) is 35.9 Å². The highest BCUT2D eigenvalue weighted by Crippen LogP contribution is 2.75. The van der Waals surface area contributed by atoms with Gasteiger partial charge >= 0.3 is 5.97 Å². The number of aliphatic carboxylic acids is 1. The van der Waals surface area contributed by atoms with Crippen molar-refractivity contribution in [2.24, 2.45) is 29.4 Å². The van der Waals surface area contributed by atoms with Crippen LogP contribution in [-0.2, 0) is 54.4 Å². The molecule has 4 aliphatic heterocycles. The van der Waals surface area contributed by atoms with Crippen LogP contribution in [0.1, 0.15) is 90.4 Å². The lowest BCUT2D eigenvalue weighted by atomic mass is 9.71. The summed E-state index contributed by atoms with van der Waals surface area (Å²) in [7, 11) is 5.45. The minimum atomic E-state index is -2.80. The van der Waals surface area contributed by atoms with E-state index in [2.05, 4.69) is 105 Å². The van der Waals surface area contributed by atoms with Crippen LogP contribution in [0, 0.1) is 23.7 Å². The van der Waals surface area contributed by atoms with Gasteiger partial charge in [-0.3, -0.25) is 9.59 Å². The van der Waals surface area contributed by atoms with Gasteiger partial charge in [-0.2, -0.15) is 0 Å². The molecule has 0 radical (unpaired) electrons. The molecule has 0 saturated heterocycles. The van der Waals surface area contributed by atoms with E-state index in [1.807, 2.05) is 84.9 Å². The lowest BCUT2D eigenvalue weighted by Gasteiger charge is -2.41. The Morgan fingerprint density at radius 2 is 0.601 bits per heavy atom. The van der Waals surface area contributed by atoms with Crippen LogP contribution in [0.2, 0.25) is 20.6 Å². The van der Waals surface area contributed by atoms with Crippen molar-refractivity contribution in [1.29, 1.82) is 0 Å². The summed E-state index contributed by atoms with van der Waals surface area (Å²) in [6.07, 6.45) is -16.7. The number of aromatic nitrogens is 4. The molecule has 0 unspecified atom stereocenters. The molecule has 4 saturated carbocycles. The standard InChI is InChI=1S/C26H22BrClF2N2O5.2C26H24BrClF2N2O4.C24H19BrClNO6.C2H5F2N.ClH/c1-36-24-21-16(11-17(28)32-24)37-26(14-7-9-15(27)10-8-14)20(13-5-3-2-4-6-13)19(22(33)25(21,26)35)23(34)31-12-18(29)30;2*1-35-24-22-18(11-19(28)32-24)36-26(15-7-9-16(27)10-8-15)21(14-5-3-2-4-6-14)17(12-31-13-20(29)30)23(33)25(22,26)34;1-32-21-19-15(11-16(26)27-21)33-24(13-7-9-14(25)10-8-13)18(12-5-3-2-4-6-12)17(22(29)30)20(28)23(19,24)31;3-2(4)1-5;/h2-11,18-20,22,33,35H,12H2,1H3,(H,31,34);2*2-11,17,20-21,23,31,33-34H,12-13H2,1H3;2-11,17-18,20,28,31H,1H3,(H,29,30);2H,1,5H2;1H/t19-,20-,22-,25+,26+;2*17-,21-,23-,25+,26+;17-,18-,20-,23+,24+;;/m1111../s1. The average Bonchev–Trinajstić information content (AvgIpc) is 1.52. The number of benzene rings is 8. The van der Waals surface area contributed by atoms with Crippen LogP contribution in [0.3, 0.4) is 0 Å². The van der Waals surface area contributed by atoms with E-state index in [9.17, 15) is 90.7 Å². The van der Waals surface area contributed by atoms with E-state index in [1.165, 1.54) is 52.7 Å². The van der Waals surface area contributed by atoms with Gasteiger partial charge in [0, 0.05) is 90.8 Å². The number of pyridine rings is 4. The first-order valence-electron chi connectivity index (χ1n) is 45.5. The van der Waals surface area contributed by atoms with Gasteiger partial charge in [-0.25, -0.2) is 55.1 Å². The van der Waals surface area contributed by atoms with Gasteiger partial charge in [0.2, 0.25) is 29.4 Å². The number of hydrogen-bond acceptors (Lipinski definition) is 25. The second kappa shape index (κ2) is 45.2. The normalized spacial score (nSPS) is 27.9. The number of carbonyl (C=O) groups excluding carboxylic acids is 1. The van der Waals surface area contributed by atoms with E-state index in [0.29, 0.717) is 33.4 Å². The summed E-state index contributed by atoms with van der Waals surface area (Å²) in [6.45, 7) is -2.52. The van der Waals surface area contributed by atoms with Gasteiger partial charge in [0.05, 0.1) is 101 Å². The van der Waals surface area contributed by atoms with Gasteiger partial charge in [0.15, 0.2) is 44.8 Å². The summed E-state index contributed by atoms with van der Waals surface area (Å²) in [5, 5.41) is 115. The van der Waals surface area contributed by atoms with Gasteiger partial charge < -0.3 is 106 Å². The third-order valence-corrected chi connectivity index (χ3v) is 31.0. The maximum atomic E-state index is 13.4. The van der Waals surface area contributed by atoms with E-state index >= 15 is 0 Å². The quantitative estimate of drug-likeness (QED) is 0.0187. The molecule has 8 aromatic carbocycles. The van der Waals surface area contributed by atoms with Crippen molar-refractivity contribution in [2.75, 3.05) is 67.7 Å². The number of nitrogens with two attached hydrogens (primary N) is 1. The largest absolute Gasteiger partial charge is 0.481 e. The Morgan fingerprint density at radius 3 is 0.838 bits per heavy atom. The molecule has 27 nitrogen and oxygen atoms in total. The second-order valence-electron chi connectivity index (χ2n) is 35.7. The molecule has 0 spiro atoms. The number of hydrogen-bond donors (Lipinski definition) is 13. The zero-order chi connectivity index (χ0) is 106. The van der Waals surface area contributed by atoms with Crippen molar-refractivity contribution in [2.45, 2.75) is 119 Å². The number of halogens is 17. The number of fused-ring (bicyclic) bond motifs is 12. The highest BCUT2D eigenvalue weighted by atomic mass is 79.9. The SMILES string of the molecule is COc1nc(Cl)cc2c1[C@]1(O)[C@H](O)[C@H](C(=O)NCC(F)F)[C@@H](c3ccccc3)[C@]1(c1ccc(Br)cc1)O2.COc1nc(Cl)cc2c1[C@]1(O)[C@H](O)[C@H](C(=O)O)[C@@H](c3ccccc3)[C@]1(c1ccc(Br)cc1)O2.COc1nc(Cl)cc2c1[C@]1(O)[C@H](O)[C@H](CNCC(F)F)[C@@H](c3ccccc3)[C@]1(c1ccc(Br)cc1)O2.COc1nc(Cl)cc2c1[C@]1(O)[C@H](O)[C@H](CNCC(F)F)[C@@H](c3ccccc3)[C@]1(c1ccc(Br)cc1)O2.Cl.NCC(F)F. The van der Waals surface area contributed by atoms with Gasteiger partial charge in [-0.05, 0) is 93.0 Å². The zero-order valence-corrected chi connectivity index (χ0v) is 88.2. The van der Waals surface area contributed by atoms with Crippen molar-refractivity contribution in [3.05, 3.63) is 348 Å². The number of aliphatic hydroxyl groups is 8. The molecule has 784 valence electrons. The lowest BCUT2D eigenvalue weighted by molar-refractivity contribution is -0.159. The maximum absolute atomic E-state index is 13.4. The van der Waals surface area contributed by atoms with Crippen LogP contribution in [0.25, 0.3) is 0 Å². The number of carboxylic acid groups (broad SMARTS) is 1. The average molecular weight is 2410 g/mol. The van der Waals surface area contributed by atoms with E-state index < -0.39 is 180 Å². The molecule has 0 bridgehead atoms. The number of carboxylic acids is 1. The molecule has 20 atom stereocenters. The van der Waals surface area contributed by atoms with Gasteiger partial charge in [0.25, 0.3) is 25.7 Å². The Bertz CT molecular complexity index is 6560. The molecule has 12 aromatic rings. The second-order valence-corrected chi connectivity index (χ2v) is 40.9. The van der Waals surface area contributed by atoms with Gasteiger partial charge in [0.1, 0.15) is 55.8 Å². The first kappa shape index (κ1) is 112. The van der Waals surface area contributed by atoms with E-state index in [-0.39, 0.29) is 115 Å². The lowest BCUT2D eigenvalue weighted by Crippen LogP contribution is -2.52. The molecule has 8 heterocycles. The molecule has 4 aliphatic carbocycles. The van der Waals surface area contributed by atoms with Gasteiger partial charge in [-0.15, -0.1) is 12.4 Å². The Morgan fingerprint density at radius 1 is 0.372 bits per heavy atom. The molecule has 1 amide bonds. The summed E-state index contributed by atoms with van der Waals surface area (Å²) in [4.78, 5) is 42.7. The molecular formula is C104H95Br4Cl5F8N8O19. The molecule has 14 N–H and O–H groups in total. The van der Waals surface area contributed by atoms with Crippen LogP contribution < -0.4 is 59.6 Å². The number of rotatable bonds is 25. The third-order valence-electron chi connectivity index (χ3n) is 28.1. The molecule has 4 aromatic heterocycles. The van der Waals surface area contributed by atoms with Crippen molar-refractivity contribution in [3.63, 3.8) is 0 Å². The number of nitrogens with zero attached hydrogens (tertiary/aromatic N) is 4. The molecule has 8 aliphatic rings. The molecule has 4 fully saturated rings. The number of carbonyl (C=O) groups is 2. The number of alkyl halides is 8. The zero-order valence-electron chi connectivity index (χ0n) is 78.0. The van der Waals surface area contributed by atoms with E-state index in [0.717, 1.165) is 29.0 Å². The minimum Gasteiger partial charge on any atom is -0.481 e. The summed E-state index contributed by atoms with van der Waals surface area (Å²) in [6, 6.07) is 70.3. The van der Waals surface area contributed by atoms with Crippen molar-refractivity contribution in [3.8, 4) is 46.5 Å². The van der Waals surface area contributed by atoms with E-state index in [4.69, 9.17) is 84.3 Å².